The monoisotopic (exact) mass is 360 g/mol. The largest absolute Gasteiger partial charge is 0.394 e. The number of nitrogens with one attached hydrogen (secondary N) is 1. The van der Waals surface area contributed by atoms with Crippen molar-refractivity contribution in [1.82, 2.24) is 10.3 Å². The molecule has 0 amide bonds. The van der Waals surface area contributed by atoms with Crippen LogP contribution in [-0.4, -0.2) is 34.0 Å². The van der Waals surface area contributed by atoms with Crippen LogP contribution in [0.5, 0.6) is 0 Å². The van der Waals surface area contributed by atoms with Gasteiger partial charge in [-0.05, 0) is 53.6 Å². The minimum Gasteiger partial charge on any atom is -0.394 e. The Kier molecular flexibility index (Phi) is 8.10. The molecule has 0 aromatic carbocycles. The van der Waals surface area contributed by atoms with E-state index in [0.717, 1.165) is 34.5 Å². The Balaban J connectivity index is 2.26. The minimum absolute atomic E-state index is 0.162. The van der Waals surface area contributed by atoms with Crippen LogP contribution >= 0.6 is 27.7 Å². The van der Waals surface area contributed by atoms with E-state index in [0.29, 0.717) is 6.04 Å². The molecule has 2 N–H and O–H groups in total. The fourth-order valence-corrected chi connectivity index (χ4v) is 3.64. The van der Waals surface area contributed by atoms with Gasteiger partial charge in [0.15, 0.2) is 0 Å². The van der Waals surface area contributed by atoms with Gasteiger partial charge in [0.05, 0.1) is 6.61 Å². The van der Waals surface area contributed by atoms with Gasteiger partial charge in [-0.25, -0.2) is 4.98 Å². The Morgan fingerprint density at radius 2 is 2.20 bits per heavy atom. The van der Waals surface area contributed by atoms with Gasteiger partial charge >= 0.3 is 0 Å². The Morgan fingerprint density at radius 1 is 1.45 bits per heavy atom. The summed E-state index contributed by atoms with van der Waals surface area (Å²) in [7, 11) is 0. The smallest absolute Gasteiger partial charge is 0.110 e. The fraction of sp³-hybridized carbons (Fsp3) is 0.667. The van der Waals surface area contributed by atoms with E-state index >= 15 is 0 Å². The minimum atomic E-state index is -0.162. The number of aliphatic hydroxyl groups is 1. The predicted octanol–water partition coefficient (Wildman–Crippen LogP) is 3.86. The number of rotatable bonds is 9. The summed E-state index contributed by atoms with van der Waals surface area (Å²) in [5.74, 6) is 1.05. The summed E-state index contributed by atoms with van der Waals surface area (Å²) < 4.78 is 1.06. The summed E-state index contributed by atoms with van der Waals surface area (Å²) in [5.41, 5.74) is -0.162. The molecule has 0 aliphatic carbocycles. The molecule has 5 heteroatoms. The Labute approximate surface area is 135 Å². The molecule has 0 aliphatic heterocycles. The van der Waals surface area contributed by atoms with Crippen LogP contribution in [0.3, 0.4) is 0 Å². The molecule has 114 valence electrons. The zero-order valence-electron chi connectivity index (χ0n) is 12.5. The number of hydrogen-bond donors (Lipinski definition) is 2. The number of pyridine rings is 1. The van der Waals surface area contributed by atoms with Crippen LogP contribution in [0, 0.1) is 0 Å². The second-order valence-electron chi connectivity index (χ2n) is 5.61. The normalized spacial score (nSPS) is 14.5. The highest BCUT2D eigenvalue weighted by atomic mass is 79.9. The van der Waals surface area contributed by atoms with E-state index in [2.05, 4.69) is 47.0 Å². The molecule has 1 rings (SSSR count). The molecule has 0 fully saturated rings. The van der Waals surface area contributed by atoms with Gasteiger partial charge in [-0.1, -0.05) is 20.3 Å². The summed E-state index contributed by atoms with van der Waals surface area (Å²) in [6.07, 6.45) is 5.05. The number of aromatic nitrogens is 1. The molecule has 0 aliphatic rings. The first-order valence-corrected chi connectivity index (χ1v) is 8.86. The second-order valence-corrected chi connectivity index (χ2v) is 7.55. The molecule has 0 radical (unpaired) electrons. The molecule has 0 saturated carbocycles. The van der Waals surface area contributed by atoms with Crippen molar-refractivity contribution in [3.8, 4) is 0 Å². The number of hydrogen-bond acceptors (Lipinski definition) is 4. The number of unbranched alkanes of at least 4 members (excludes halogenated alkanes) is 1. The maximum Gasteiger partial charge on any atom is 0.110 e. The lowest BCUT2D eigenvalue weighted by molar-refractivity contribution is 0.154. The molecule has 0 saturated heterocycles. The average Bonchev–Trinajstić information content (AvgIpc) is 2.39. The van der Waals surface area contributed by atoms with Gasteiger partial charge in [-0.15, -0.1) is 11.8 Å². The SMILES string of the molecule is CC(C)NC(C)(CO)CCCCSc1ncccc1Br. The molecule has 0 spiro atoms. The summed E-state index contributed by atoms with van der Waals surface area (Å²) in [4.78, 5) is 4.34. The van der Waals surface area contributed by atoms with Crippen LogP contribution in [0.25, 0.3) is 0 Å². The third kappa shape index (κ3) is 6.57. The molecule has 1 atom stereocenters. The van der Waals surface area contributed by atoms with Crippen LogP contribution in [0.15, 0.2) is 27.8 Å². The molecule has 3 nitrogen and oxygen atoms in total. The summed E-state index contributed by atoms with van der Waals surface area (Å²) in [6.45, 7) is 6.50. The lowest BCUT2D eigenvalue weighted by Gasteiger charge is -2.31. The number of halogens is 1. The first kappa shape index (κ1) is 18.0. The molecule has 1 unspecified atom stereocenters. The Morgan fingerprint density at radius 3 is 2.80 bits per heavy atom. The molecule has 1 aromatic rings. The van der Waals surface area contributed by atoms with Crippen LogP contribution < -0.4 is 5.32 Å². The summed E-state index contributed by atoms with van der Waals surface area (Å²) in [6, 6.07) is 4.34. The van der Waals surface area contributed by atoms with E-state index in [1.165, 1.54) is 0 Å². The van der Waals surface area contributed by atoms with Gasteiger partial charge in [-0.3, -0.25) is 0 Å². The zero-order valence-corrected chi connectivity index (χ0v) is 14.9. The zero-order chi connectivity index (χ0) is 15.0. The molecular formula is C15H25BrN2OS. The molecular weight excluding hydrogens is 336 g/mol. The quantitative estimate of drug-likeness (QED) is 0.518. The number of nitrogens with zero attached hydrogens (tertiary/aromatic N) is 1. The van der Waals surface area contributed by atoms with Gasteiger partial charge < -0.3 is 10.4 Å². The van der Waals surface area contributed by atoms with E-state index < -0.39 is 0 Å². The molecule has 0 bridgehead atoms. The second kappa shape index (κ2) is 9.03. The number of aliphatic hydroxyl groups excluding tert-OH is 1. The van der Waals surface area contributed by atoms with Crippen LogP contribution in [0.4, 0.5) is 0 Å². The van der Waals surface area contributed by atoms with Gasteiger partial charge in [-0.2, -0.15) is 0 Å². The van der Waals surface area contributed by atoms with Crippen LogP contribution in [0.1, 0.15) is 40.0 Å². The fourth-order valence-electron chi connectivity index (χ4n) is 2.16. The van der Waals surface area contributed by atoms with Crippen molar-refractivity contribution in [2.45, 2.75) is 56.6 Å². The van der Waals surface area contributed by atoms with E-state index in [9.17, 15) is 5.11 Å². The van der Waals surface area contributed by atoms with Crippen molar-refractivity contribution >= 4 is 27.7 Å². The third-order valence-electron chi connectivity index (χ3n) is 3.07. The van der Waals surface area contributed by atoms with Crippen molar-refractivity contribution in [2.75, 3.05) is 12.4 Å². The lowest BCUT2D eigenvalue weighted by Crippen LogP contribution is -2.49. The first-order chi connectivity index (χ1) is 9.47. The Hall–Kier alpha value is -0.100. The van der Waals surface area contributed by atoms with Crippen LogP contribution in [0.2, 0.25) is 0 Å². The molecule has 1 heterocycles. The van der Waals surface area contributed by atoms with Crippen molar-refractivity contribution in [3.63, 3.8) is 0 Å². The standard InChI is InChI=1S/C15H25BrN2OS/c1-12(2)18-15(3,11-19)8-4-5-10-20-14-13(16)7-6-9-17-14/h6-7,9,12,18-19H,4-5,8,10-11H2,1-3H3. The average molecular weight is 361 g/mol. The predicted molar refractivity (Wildman–Crippen MR) is 90.3 cm³/mol. The third-order valence-corrected chi connectivity index (χ3v) is 5.07. The van der Waals surface area contributed by atoms with Crippen molar-refractivity contribution in [1.29, 1.82) is 0 Å². The summed E-state index contributed by atoms with van der Waals surface area (Å²) >= 11 is 5.29. The Bertz CT molecular complexity index is 403. The van der Waals surface area contributed by atoms with E-state index in [-0.39, 0.29) is 12.1 Å². The van der Waals surface area contributed by atoms with E-state index in [1.54, 1.807) is 11.8 Å². The molecule has 20 heavy (non-hydrogen) atoms. The maximum absolute atomic E-state index is 9.52. The van der Waals surface area contributed by atoms with Gasteiger partial charge in [0.25, 0.3) is 0 Å². The first-order valence-electron chi connectivity index (χ1n) is 7.09. The van der Waals surface area contributed by atoms with Gasteiger partial charge in [0.1, 0.15) is 5.03 Å². The van der Waals surface area contributed by atoms with E-state index in [1.807, 2.05) is 18.3 Å². The topological polar surface area (TPSA) is 45.1 Å². The van der Waals surface area contributed by atoms with Crippen molar-refractivity contribution < 1.29 is 5.11 Å². The summed E-state index contributed by atoms with van der Waals surface area (Å²) in [5, 5.41) is 14.0. The number of thioether (sulfide) groups is 1. The highest BCUT2D eigenvalue weighted by Gasteiger charge is 2.22. The van der Waals surface area contributed by atoms with Crippen LogP contribution in [-0.2, 0) is 0 Å². The van der Waals surface area contributed by atoms with E-state index in [4.69, 9.17) is 0 Å². The highest BCUT2D eigenvalue weighted by molar-refractivity contribution is 9.10. The van der Waals surface area contributed by atoms with Gasteiger partial charge in [0, 0.05) is 22.3 Å². The lowest BCUT2D eigenvalue weighted by atomic mass is 9.95. The van der Waals surface area contributed by atoms with Crippen molar-refractivity contribution in [2.24, 2.45) is 0 Å². The highest BCUT2D eigenvalue weighted by Crippen LogP contribution is 2.26. The van der Waals surface area contributed by atoms with Gasteiger partial charge in [0.2, 0.25) is 0 Å². The van der Waals surface area contributed by atoms with Crippen molar-refractivity contribution in [3.05, 3.63) is 22.8 Å². The maximum atomic E-state index is 9.52. The molecule has 1 aromatic heterocycles.